The van der Waals surface area contributed by atoms with Crippen LogP contribution in [0.4, 0.5) is 5.82 Å². The van der Waals surface area contributed by atoms with Crippen LogP contribution < -0.4 is 15.0 Å². The van der Waals surface area contributed by atoms with Gasteiger partial charge in [-0.1, -0.05) is 30.3 Å². The fourth-order valence-corrected chi connectivity index (χ4v) is 2.63. The van der Waals surface area contributed by atoms with E-state index < -0.39 is 0 Å². The molecule has 0 spiro atoms. The number of anilines is 1. The predicted molar refractivity (Wildman–Crippen MR) is 89.2 cm³/mol. The average molecular weight is 297 g/mol. The molecule has 1 aromatic carbocycles. The normalized spacial score (nSPS) is 14.1. The van der Waals surface area contributed by atoms with E-state index in [0.717, 1.165) is 36.9 Å². The molecular formula is C18H23N3O. The van der Waals surface area contributed by atoms with Crippen LogP contribution in [0.3, 0.4) is 0 Å². The molecule has 0 amide bonds. The quantitative estimate of drug-likeness (QED) is 0.941. The van der Waals surface area contributed by atoms with E-state index in [9.17, 15) is 0 Å². The lowest BCUT2D eigenvalue weighted by molar-refractivity contribution is 0.314. The number of benzene rings is 1. The standard InChI is InChI=1S/C18H23N3O/c1-14(2)21(13-15-6-4-3-5-7-15)17-9-8-16-12-19-10-11-22-18(16)20-17/h3-9,14,19H,10-13H2,1-2H3. The first-order valence-electron chi connectivity index (χ1n) is 7.88. The highest BCUT2D eigenvalue weighted by molar-refractivity contribution is 5.45. The molecule has 1 aromatic heterocycles. The lowest BCUT2D eigenvalue weighted by Gasteiger charge is -2.28. The zero-order valence-electron chi connectivity index (χ0n) is 13.2. The van der Waals surface area contributed by atoms with Crippen LogP contribution in [-0.4, -0.2) is 24.2 Å². The largest absolute Gasteiger partial charge is 0.476 e. The number of fused-ring (bicyclic) bond motifs is 1. The van der Waals surface area contributed by atoms with E-state index in [2.05, 4.69) is 60.5 Å². The Kier molecular flexibility index (Phi) is 4.59. The van der Waals surface area contributed by atoms with E-state index in [1.807, 2.05) is 6.07 Å². The molecule has 0 unspecified atom stereocenters. The van der Waals surface area contributed by atoms with Crippen molar-refractivity contribution in [3.8, 4) is 5.88 Å². The maximum atomic E-state index is 5.77. The number of nitrogens with zero attached hydrogens (tertiary/aromatic N) is 2. The van der Waals surface area contributed by atoms with Crippen LogP contribution in [0.5, 0.6) is 5.88 Å². The van der Waals surface area contributed by atoms with Gasteiger partial charge in [-0.25, -0.2) is 0 Å². The predicted octanol–water partition coefficient (Wildman–Crippen LogP) is 2.98. The molecule has 0 bridgehead atoms. The van der Waals surface area contributed by atoms with Crippen LogP contribution in [0.2, 0.25) is 0 Å². The second-order valence-electron chi connectivity index (χ2n) is 5.87. The van der Waals surface area contributed by atoms with Gasteiger partial charge in [-0.05, 0) is 31.5 Å². The van der Waals surface area contributed by atoms with Crippen molar-refractivity contribution in [2.75, 3.05) is 18.1 Å². The molecule has 1 aliphatic heterocycles. The second kappa shape index (κ2) is 6.79. The summed E-state index contributed by atoms with van der Waals surface area (Å²) in [4.78, 5) is 7.06. The summed E-state index contributed by atoms with van der Waals surface area (Å²) in [6, 6.07) is 15.1. The Labute approximate surface area is 132 Å². The van der Waals surface area contributed by atoms with E-state index in [0.29, 0.717) is 12.6 Å². The Morgan fingerprint density at radius 1 is 1.18 bits per heavy atom. The van der Waals surface area contributed by atoms with Crippen LogP contribution in [0.25, 0.3) is 0 Å². The van der Waals surface area contributed by atoms with E-state index in [1.165, 1.54) is 5.56 Å². The minimum absolute atomic E-state index is 0.370. The molecule has 1 aliphatic rings. The molecule has 1 N–H and O–H groups in total. The zero-order valence-corrected chi connectivity index (χ0v) is 13.2. The van der Waals surface area contributed by atoms with Gasteiger partial charge in [0.05, 0.1) is 0 Å². The maximum absolute atomic E-state index is 5.77. The summed E-state index contributed by atoms with van der Waals surface area (Å²) in [5.41, 5.74) is 2.42. The van der Waals surface area contributed by atoms with Crippen molar-refractivity contribution >= 4 is 5.82 Å². The van der Waals surface area contributed by atoms with Crippen LogP contribution in [0, 0.1) is 0 Å². The molecule has 4 heteroatoms. The van der Waals surface area contributed by atoms with Gasteiger partial charge in [0.1, 0.15) is 12.4 Å². The molecule has 116 valence electrons. The van der Waals surface area contributed by atoms with Crippen molar-refractivity contribution in [2.45, 2.75) is 33.0 Å². The summed E-state index contributed by atoms with van der Waals surface area (Å²) in [7, 11) is 0. The third-order valence-corrected chi connectivity index (χ3v) is 3.87. The fraction of sp³-hybridized carbons (Fsp3) is 0.389. The summed E-state index contributed by atoms with van der Waals surface area (Å²) in [6.07, 6.45) is 0. The Hall–Kier alpha value is -2.07. The molecular weight excluding hydrogens is 274 g/mol. The van der Waals surface area contributed by atoms with Crippen molar-refractivity contribution in [3.05, 3.63) is 53.6 Å². The third kappa shape index (κ3) is 3.39. The highest BCUT2D eigenvalue weighted by Crippen LogP contribution is 2.25. The van der Waals surface area contributed by atoms with Gasteiger partial charge in [-0.2, -0.15) is 4.98 Å². The van der Waals surface area contributed by atoms with Crippen molar-refractivity contribution in [2.24, 2.45) is 0 Å². The van der Waals surface area contributed by atoms with Gasteiger partial charge in [-0.15, -0.1) is 0 Å². The van der Waals surface area contributed by atoms with Gasteiger partial charge in [0, 0.05) is 31.2 Å². The maximum Gasteiger partial charge on any atom is 0.219 e. The Morgan fingerprint density at radius 2 is 2.00 bits per heavy atom. The van der Waals surface area contributed by atoms with Gasteiger partial charge < -0.3 is 15.0 Å². The number of aromatic nitrogens is 1. The Morgan fingerprint density at radius 3 is 2.77 bits per heavy atom. The van der Waals surface area contributed by atoms with E-state index >= 15 is 0 Å². The van der Waals surface area contributed by atoms with Crippen LogP contribution in [0.15, 0.2) is 42.5 Å². The Balaban J connectivity index is 1.87. The van der Waals surface area contributed by atoms with Gasteiger partial charge in [-0.3, -0.25) is 0 Å². The minimum atomic E-state index is 0.370. The number of pyridine rings is 1. The highest BCUT2D eigenvalue weighted by atomic mass is 16.5. The van der Waals surface area contributed by atoms with Crippen LogP contribution in [0.1, 0.15) is 25.0 Å². The minimum Gasteiger partial charge on any atom is -0.476 e. The number of hydrogen-bond donors (Lipinski definition) is 1. The molecule has 0 saturated carbocycles. The summed E-state index contributed by atoms with van der Waals surface area (Å²) < 4.78 is 5.77. The summed E-state index contributed by atoms with van der Waals surface area (Å²) >= 11 is 0. The molecule has 0 saturated heterocycles. The molecule has 2 aromatic rings. The zero-order chi connectivity index (χ0) is 15.4. The van der Waals surface area contributed by atoms with E-state index in [4.69, 9.17) is 9.72 Å². The number of ether oxygens (including phenoxy) is 1. The van der Waals surface area contributed by atoms with Crippen molar-refractivity contribution in [1.29, 1.82) is 0 Å². The van der Waals surface area contributed by atoms with Gasteiger partial charge in [0.15, 0.2) is 0 Å². The van der Waals surface area contributed by atoms with Crippen molar-refractivity contribution < 1.29 is 4.74 Å². The molecule has 2 heterocycles. The number of nitrogens with one attached hydrogen (secondary N) is 1. The Bertz CT molecular complexity index is 613. The van der Waals surface area contributed by atoms with Crippen LogP contribution in [-0.2, 0) is 13.1 Å². The lowest BCUT2D eigenvalue weighted by Crippen LogP contribution is -2.31. The SMILES string of the molecule is CC(C)N(Cc1ccccc1)c1ccc2c(n1)OCCNC2. The van der Waals surface area contributed by atoms with E-state index in [-0.39, 0.29) is 0 Å². The van der Waals surface area contributed by atoms with Gasteiger partial charge in [0.25, 0.3) is 0 Å². The molecule has 3 rings (SSSR count). The highest BCUT2D eigenvalue weighted by Gasteiger charge is 2.16. The first-order chi connectivity index (χ1) is 10.7. The van der Waals surface area contributed by atoms with E-state index in [1.54, 1.807) is 0 Å². The molecule has 0 radical (unpaired) electrons. The average Bonchev–Trinajstić information content (AvgIpc) is 2.78. The third-order valence-electron chi connectivity index (χ3n) is 3.87. The molecule has 0 aliphatic carbocycles. The number of hydrogen-bond acceptors (Lipinski definition) is 4. The first kappa shape index (κ1) is 14.9. The summed E-state index contributed by atoms with van der Waals surface area (Å²) in [6.45, 7) is 7.59. The number of rotatable bonds is 4. The first-order valence-corrected chi connectivity index (χ1v) is 7.88. The second-order valence-corrected chi connectivity index (χ2v) is 5.87. The summed E-state index contributed by atoms with van der Waals surface area (Å²) in [5, 5.41) is 3.34. The fourth-order valence-electron chi connectivity index (χ4n) is 2.63. The van der Waals surface area contributed by atoms with Gasteiger partial charge >= 0.3 is 0 Å². The summed E-state index contributed by atoms with van der Waals surface area (Å²) in [5.74, 6) is 1.74. The molecule has 0 fully saturated rings. The smallest absolute Gasteiger partial charge is 0.219 e. The lowest BCUT2D eigenvalue weighted by atomic mass is 10.2. The molecule has 22 heavy (non-hydrogen) atoms. The van der Waals surface area contributed by atoms with Crippen LogP contribution >= 0.6 is 0 Å². The molecule has 4 nitrogen and oxygen atoms in total. The van der Waals surface area contributed by atoms with Crippen molar-refractivity contribution in [1.82, 2.24) is 10.3 Å². The monoisotopic (exact) mass is 297 g/mol. The van der Waals surface area contributed by atoms with Gasteiger partial charge in [0.2, 0.25) is 5.88 Å². The topological polar surface area (TPSA) is 37.4 Å². The molecule has 0 atom stereocenters. The van der Waals surface area contributed by atoms with Crippen molar-refractivity contribution in [3.63, 3.8) is 0 Å².